The molecule has 0 aliphatic rings. The van der Waals surface area contributed by atoms with Crippen LogP contribution in [0.5, 0.6) is 0 Å². The fourth-order valence-electron chi connectivity index (χ4n) is 1.57. The Morgan fingerprint density at radius 1 is 1.41 bits per heavy atom. The second-order valence-corrected chi connectivity index (χ2v) is 4.22. The SMILES string of the molecule is CCn1ncnc1CNc1ccc(C)c(Cl)c1. The lowest BCUT2D eigenvalue weighted by Crippen LogP contribution is -2.09. The van der Waals surface area contributed by atoms with Crippen LogP contribution in [-0.4, -0.2) is 14.8 Å². The van der Waals surface area contributed by atoms with Crippen molar-refractivity contribution >= 4 is 17.3 Å². The average Bonchev–Trinajstić information content (AvgIpc) is 2.78. The first kappa shape index (κ1) is 11.9. The third-order valence-corrected chi connectivity index (χ3v) is 3.02. The molecule has 2 aromatic rings. The van der Waals surface area contributed by atoms with Gasteiger partial charge in [-0.3, -0.25) is 0 Å². The third kappa shape index (κ3) is 2.77. The van der Waals surface area contributed by atoms with Crippen molar-refractivity contribution in [2.75, 3.05) is 5.32 Å². The van der Waals surface area contributed by atoms with Crippen LogP contribution in [0.3, 0.4) is 0 Å². The summed E-state index contributed by atoms with van der Waals surface area (Å²) in [4.78, 5) is 4.20. The summed E-state index contributed by atoms with van der Waals surface area (Å²) in [5, 5.41) is 8.17. The molecule has 0 atom stereocenters. The summed E-state index contributed by atoms with van der Waals surface area (Å²) in [6.07, 6.45) is 1.57. The second kappa shape index (κ2) is 5.19. The van der Waals surface area contributed by atoms with E-state index in [9.17, 15) is 0 Å². The number of hydrogen-bond donors (Lipinski definition) is 1. The molecule has 0 saturated heterocycles. The van der Waals surface area contributed by atoms with Crippen LogP contribution in [0.2, 0.25) is 5.02 Å². The summed E-state index contributed by atoms with van der Waals surface area (Å²) in [5.74, 6) is 0.921. The number of benzene rings is 1. The number of rotatable bonds is 4. The van der Waals surface area contributed by atoms with Gasteiger partial charge in [0.2, 0.25) is 0 Å². The molecule has 0 aliphatic heterocycles. The van der Waals surface area contributed by atoms with Crippen LogP contribution < -0.4 is 5.32 Å². The first-order valence-electron chi connectivity index (χ1n) is 5.57. The quantitative estimate of drug-likeness (QED) is 0.907. The Balaban J connectivity index is 2.05. The van der Waals surface area contributed by atoms with Crippen LogP contribution in [0, 0.1) is 6.92 Å². The van der Waals surface area contributed by atoms with E-state index in [0.29, 0.717) is 6.54 Å². The van der Waals surface area contributed by atoms with Gasteiger partial charge in [0, 0.05) is 17.3 Å². The minimum Gasteiger partial charge on any atom is -0.378 e. The lowest BCUT2D eigenvalue weighted by Gasteiger charge is -2.08. The zero-order valence-electron chi connectivity index (χ0n) is 9.94. The Morgan fingerprint density at radius 3 is 2.94 bits per heavy atom. The van der Waals surface area contributed by atoms with Gasteiger partial charge in [-0.25, -0.2) is 9.67 Å². The van der Waals surface area contributed by atoms with Crippen LogP contribution in [-0.2, 0) is 13.1 Å². The van der Waals surface area contributed by atoms with Gasteiger partial charge in [0.15, 0.2) is 0 Å². The van der Waals surface area contributed by atoms with Crippen molar-refractivity contribution in [3.8, 4) is 0 Å². The maximum Gasteiger partial charge on any atom is 0.146 e. The Hall–Kier alpha value is -1.55. The number of nitrogens with zero attached hydrogens (tertiary/aromatic N) is 3. The molecular weight excluding hydrogens is 236 g/mol. The van der Waals surface area contributed by atoms with Crippen LogP contribution in [0.25, 0.3) is 0 Å². The summed E-state index contributed by atoms with van der Waals surface area (Å²) in [6.45, 7) is 5.50. The summed E-state index contributed by atoms with van der Waals surface area (Å²) in [5.41, 5.74) is 2.07. The molecule has 4 nitrogen and oxygen atoms in total. The Labute approximate surface area is 106 Å². The zero-order chi connectivity index (χ0) is 12.3. The number of nitrogens with one attached hydrogen (secondary N) is 1. The highest BCUT2D eigenvalue weighted by Crippen LogP contribution is 2.20. The van der Waals surface area contributed by atoms with Crippen LogP contribution in [0.1, 0.15) is 18.3 Å². The van der Waals surface area contributed by atoms with Gasteiger partial charge < -0.3 is 5.32 Å². The molecule has 1 aromatic carbocycles. The highest BCUT2D eigenvalue weighted by Gasteiger charge is 2.03. The van der Waals surface area contributed by atoms with E-state index >= 15 is 0 Å². The number of anilines is 1. The maximum atomic E-state index is 6.06. The van der Waals surface area contributed by atoms with E-state index in [0.717, 1.165) is 28.6 Å². The molecule has 0 bridgehead atoms. The smallest absolute Gasteiger partial charge is 0.146 e. The highest BCUT2D eigenvalue weighted by molar-refractivity contribution is 6.31. The molecule has 90 valence electrons. The minimum atomic E-state index is 0.646. The molecule has 0 radical (unpaired) electrons. The second-order valence-electron chi connectivity index (χ2n) is 3.81. The maximum absolute atomic E-state index is 6.06. The van der Waals surface area contributed by atoms with E-state index in [-0.39, 0.29) is 0 Å². The number of halogens is 1. The highest BCUT2D eigenvalue weighted by atomic mass is 35.5. The monoisotopic (exact) mass is 250 g/mol. The van der Waals surface area contributed by atoms with E-state index in [2.05, 4.69) is 15.4 Å². The summed E-state index contributed by atoms with van der Waals surface area (Å²) < 4.78 is 1.86. The van der Waals surface area contributed by atoms with Crippen molar-refractivity contribution in [1.82, 2.24) is 14.8 Å². The minimum absolute atomic E-state index is 0.646. The first-order chi connectivity index (χ1) is 8.20. The summed E-state index contributed by atoms with van der Waals surface area (Å²) in [7, 11) is 0. The van der Waals surface area contributed by atoms with Crippen molar-refractivity contribution < 1.29 is 0 Å². The normalized spacial score (nSPS) is 10.5. The van der Waals surface area contributed by atoms with E-state index in [1.807, 2.05) is 36.7 Å². The number of aromatic nitrogens is 3. The lowest BCUT2D eigenvalue weighted by molar-refractivity contribution is 0.622. The third-order valence-electron chi connectivity index (χ3n) is 2.62. The Kier molecular flexibility index (Phi) is 3.64. The molecule has 0 spiro atoms. The lowest BCUT2D eigenvalue weighted by atomic mass is 10.2. The van der Waals surface area contributed by atoms with E-state index in [1.54, 1.807) is 6.33 Å². The molecule has 1 N–H and O–H groups in total. The molecule has 0 saturated carbocycles. The molecule has 17 heavy (non-hydrogen) atoms. The van der Waals surface area contributed by atoms with Gasteiger partial charge in [0.05, 0.1) is 6.54 Å². The molecular formula is C12H15ClN4. The molecule has 0 unspecified atom stereocenters. The van der Waals surface area contributed by atoms with Gasteiger partial charge in [-0.2, -0.15) is 5.10 Å². The van der Waals surface area contributed by atoms with E-state index in [4.69, 9.17) is 11.6 Å². The van der Waals surface area contributed by atoms with Crippen molar-refractivity contribution in [3.05, 3.63) is 40.9 Å². The van der Waals surface area contributed by atoms with Crippen LogP contribution in [0.4, 0.5) is 5.69 Å². The van der Waals surface area contributed by atoms with Crippen LogP contribution >= 0.6 is 11.6 Å². The molecule has 1 aromatic heterocycles. The molecule has 2 rings (SSSR count). The predicted molar refractivity (Wildman–Crippen MR) is 69.2 cm³/mol. The van der Waals surface area contributed by atoms with Crippen molar-refractivity contribution in [2.45, 2.75) is 26.9 Å². The average molecular weight is 251 g/mol. The van der Waals surface area contributed by atoms with Crippen molar-refractivity contribution in [3.63, 3.8) is 0 Å². The van der Waals surface area contributed by atoms with Gasteiger partial charge in [0.25, 0.3) is 0 Å². The first-order valence-corrected chi connectivity index (χ1v) is 5.95. The topological polar surface area (TPSA) is 42.7 Å². The standard InChI is InChI=1S/C12H15ClN4/c1-3-17-12(15-8-16-17)7-14-10-5-4-9(2)11(13)6-10/h4-6,8,14H,3,7H2,1-2H3. The predicted octanol–water partition coefficient (Wildman–Crippen LogP) is 2.87. The molecule has 0 fully saturated rings. The van der Waals surface area contributed by atoms with Crippen LogP contribution in [0.15, 0.2) is 24.5 Å². The largest absolute Gasteiger partial charge is 0.378 e. The van der Waals surface area contributed by atoms with Gasteiger partial charge in [-0.15, -0.1) is 0 Å². The van der Waals surface area contributed by atoms with Gasteiger partial charge in [0.1, 0.15) is 12.2 Å². The molecule has 0 aliphatic carbocycles. The summed E-state index contributed by atoms with van der Waals surface area (Å²) >= 11 is 6.06. The van der Waals surface area contributed by atoms with Gasteiger partial charge >= 0.3 is 0 Å². The number of aryl methyl sites for hydroxylation is 2. The fraction of sp³-hybridized carbons (Fsp3) is 0.333. The molecule has 5 heteroatoms. The van der Waals surface area contributed by atoms with E-state index in [1.165, 1.54) is 0 Å². The Bertz CT molecular complexity index is 507. The van der Waals surface area contributed by atoms with Gasteiger partial charge in [-0.05, 0) is 31.5 Å². The summed E-state index contributed by atoms with van der Waals surface area (Å²) in [6, 6.07) is 5.92. The zero-order valence-corrected chi connectivity index (χ0v) is 10.7. The van der Waals surface area contributed by atoms with Gasteiger partial charge in [-0.1, -0.05) is 17.7 Å². The molecule has 0 amide bonds. The number of hydrogen-bond acceptors (Lipinski definition) is 3. The molecule has 1 heterocycles. The van der Waals surface area contributed by atoms with E-state index < -0.39 is 0 Å². The fourth-order valence-corrected chi connectivity index (χ4v) is 1.75. The van der Waals surface area contributed by atoms with Crippen molar-refractivity contribution in [2.24, 2.45) is 0 Å². The Morgan fingerprint density at radius 2 is 2.24 bits per heavy atom. The van der Waals surface area contributed by atoms with Crippen molar-refractivity contribution in [1.29, 1.82) is 0 Å².